The first-order chi connectivity index (χ1) is 24.4. The highest BCUT2D eigenvalue weighted by atomic mass is 32.1. The summed E-state index contributed by atoms with van der Waals surface area (Å²) in [5.74, 6) is 0.770. The van der Waals surface area contributed by atoms with Crippen molar-refractivity contribution in [1.82, 2.24) is 14.9 Å². The zero-order valence-corrected chi connectivity index (χ0v) is 33.1. The minimum atomic E-state index is -0.518. The molecule has 0 saturated carbocycles. The lowest BCUT2D eigenvalue weighted by molar-refractivity contribution is 0.134. The van der Waals surface area contributed by atoms with Gasteiger partial charge in [0.25, 0.3) is 0 Å². The fourth-order valence-electron chi connectivity index (χ4n) is 7.22. The Morgan fingerprint density at radius 1 is 1.16 bits per heavy atom. The lowest BCUT2D eigenvalue weighted by Crippen LogP contribution is -2.30. The molecule has 4 heterocycles. The van der Waals surface area contributed by atoms with E-state index in [2.05, 4.69) is 62.4 Å². The summed E-state index contributed by atoms with van der Waals surface area (Å²) in [5.41, 5.74) is 9.97. The maximum Gasteiger partial charge on any atom is 0.226 e. The lowest BCUT2D eigenvalue weighted by atomic mass is 9.85. The van der Waals surface area contributed by atoms with Crippen molar-refractivity contribution in [2.75, 3.05) is 36.8 Å². The molecule has 2 unspecified atom stereocenters. The highest BCUT2D eigenvalue weighted by Gasteiger charge is 2.34. The lowest BCUT2D eigenvalue weighted by Gasteiger charge is -2.24. The fourth-order valence-corrected chi connectivity index (χ4v) is 8.21. The Hall–Kier alpha value is -3.39. The molecule has 1 fully saturated rings. The van der Waals surface area contributed by atoms with Gasteiger partial charge in [0, 0.05) is 41.8 Å². The van der Waals surface area contributed by atoms with E-state index in [1.165, 1.54) is 51.4 Å². The number of rotatable bonds is 13. The van der Waals surface area contributed by atoms with Crippen LogP contribution in [0.25, 0.3) is 22.3 Å². The number of allylic oxidation sites excluding steroid dienone is 2. The summed E-state index contributed by atoms with van der Waals surface area (Å²) in [6, 6.07) is 2.38. The largest absolute Gasteiger partial charge is 0.389 e. The fraction of sp³-hybridized carbons (Fsp3) is 0.585. The minimum Gasteiger partial charge on any atom is -0.389 e. The Bertz CT molecular complexity index is 1770. The molecule has 10 heteroatoms. The van der Waals surface area contributed by atoms with Gasteiger partial charge < -0.3 is 20.3 Å². The molecule has 278 valence electrons. The second-order valence-electron chi connectivity index (χ2n) is 14.5. The van der Waals surface area contributed by atoms with E-state index in [-0.39, 0.29) is 33.6 Å². The van der Waals surface area contributed by atoms with Crippen LogP contribution >= 0.6 is 11.3 Å². The molecule has 7 nitrogen and oxygen atoms in total. The first kappa shape index (κ1) is 40.4. The number of anilines is 2. The number of ether oxygens (including phenoxy) is 1. The molecule has 2 atom stereocenters. The Labute approximate surface area is 308 Å². The van der Waals surface area contributed by atoms with Crippen molar-refractivity contribution >= 4 is 44.6 Å². The molecule has 0 radical (unpaired) electrons. The van der Waals surface area contributed by atoms with Gasteiger partial charge in [0.2, 0.25) is 5.95 Å². The predicted octanol–water partition coefficient (Wildman–Crippen LogP) is 10.7. The summed E-state index contributed by atoms with van der Waals surface area (Å²) >= 11 is 1.00. The van der Waals surface area contributed by atoms with Crippen molar-refractivity contribution in [1.29, 1.82) is 5.26 Å². The van der Waals surface area contributed by atoms with Crippen molar-refractivity contribution in [2.45, 2.75) is 120 Å². The molecule has 2 aliphatic rings. The molecule has 1 saturated heterocycles. The van der Waals surface area contributed by atoms with Crippen LogP contribution in [0.1, 0.15) is 134 Å². The third kappa shape index (κ3) is 8.81. The number of nitrogens with zero attached hydrogens (tertiary/aromatic N) is 5. The number of unbranched alkanes of at least 4 members (excludes halogenated alkanes) is 2. The first-order valence-electron chi connectivity index (χ1n) is 18.8. The smallest absolute Gasteiger partial charge is 0.226 e. The van der Waals surface area contributed by atoms with Gasteiger partial charge >= 0.3 is 0 Å². The van der Waals surface area contributed by atoms with Crippen LogP contribution in [0.4, 0.5) is 19.7 Å². The average molecular weight is 721 g/mol. The molecule has 1 aromatic carbocycles. The summed E-state index contributed by atoms with van der Waals surface area (Å²) in [7, 11) is 0. The Balaban J connectivity index is 0.000000383. The number of hydrogen-bond donors (Lipinski definition) is 1. The van der Waals surface area contributed by atoms with Gasteiger partial charge in [0.05, 0.1) is 23.7 Å². The zero-order valence-electron chi connectivity index (χ0n) is 32.3. The first-order valence-corrected chi connectivity index (χ1v) is 19.7. The third-order valence-corrected chi connectivity index (χ3v) is 11.3. The van der Waals surface area contributed by atoms with Crippen molar-refractivity contribution in [2.24, 2.45) is 11.8 Å². The molecular formula is C41H58F2N6OS. The van der Waals surface area contributed by atoms with E-state index in [1.807, 2.05) is 13.8 Å². The van der Waals surface area contributed by atoms with Gasteiger partial charge in [-0.2, -0.15) is 5.26 Å². The van der Waals surface area contributed by atoms with E-state index in [4.69, 9.17) is 15.5 Å². The topological polar surface area (TPSA) is 91.3 Å². The van der Waals surface area contributed by atoms with E-state index < -0.39 is 11.6 Å². The number of nitrogen functional groups attached to an aromatic ring is 1. The minimum absolute atomic E-state index is 0.153. The van der Waals surface area contributed by atoms with Crippen LogP contribution < -0.4 is 10.6 Å². The molecule has 2 aliphatic heterocycles. The number of nitrogens with two attached hydrogens (primary N) is 1. The van der Waals surface area contributed by atoms with Crippen LogP contribution in [0.2, 0.25) is 0 Å². The maximum absolute atomic E-state index is 16.8. The summed E-state index contributed by atoms with van der Waals surface area (Å²) in [5, 5.41) is 10.8. The molecule has 0 amide bonds. The normalized spacial score (nSPS) is 18.0. The van der Waals surface area contributed by atoms with Gasteiger partial charge in [-0.15, -0.1) is 11.3 Å². The molecule has 0 aliphatic carbocycles. The molecule has 51 heavy (non-hydrogen) atoms. The Morgan fingerprint density at radius 2 is 1.88 bits per heavy atom. The molecular weight excluding hydrogens is 663 g/mol. The second-order valence-corrected chi connectivity index (χ2v) is 15.5. The highest BCUT2D eigenvalue weighted by molar-refractivity contribution is 7.17. The quantitative estimate of drug-likeness (QED) is 0.176. The number of thiophene rings is 1. The molecule has 2 N–H and O–H groups in total. The molecule has 5 rings (SSSR count). The van der Waals surface area contributed by atoms with Crippen LogP contribution in [-0.2, 0) is 18.0 Å². The monoisotopic (exact) mass is 720 g/mol. The summed E-state index contributed by atoms with van der Waals surface area (Å²) in [6.45, 7) is 24.1. The Kier molecular flexibility index (Phi) is 14.6. The molecule has 2 aromatic heterocycles. The summed E-state index contributed by atoms with van der Waals surface area (Å²) in [4.78, 5) is 14.3. The summed E-state index contributed by atoms with van der Waals surface area (Å²) in [6.07, 6.45) is 10.0. The molecule has 3 aromatic rings. The van der Waals surface area contributed by atoms with Gasteiger partial charge in [0.1, 0.15) is 22.4 Å². The average Bonchev–Trinajstić information content (AvgIpc) is 3.82. The van der Waals surface area contributed by atoms with E-state index in [1.54, 1.807) is 13.1 Å². The van der Waals surface area contributed by atoms with Gasteiger partial charge in [0.15, 0.2) is 5.82 Å². The predicted molar refractivity (Wildman–Crippen MR) is 210 cm³/mol. The zero-order chi connectivity index (χ0) is 37.4. The van der Waals surface area contributed by atoms with Crippen LogP contribution in [-0.4, -0.2) is 47.1 Å². The number of halogens is 2. The van der Waals surface area contributed by atoms with E-state index in [0.29, 0.717) is 52.5 Å². The van der Waals surface area contributed by atoms with Crippen LogP contribution in [0.15, 0.2) is 17.8 Å². The van der Waals surface area contributed by atoms with Crippen LogP contribution in [0, 0.1) is 29.0 Å². The number of fused-ring (bicyclic) bond motifs is 3. The SMILES string of the molecule is C/C=C(/F)c1sc(N)c(C#N)c1/C(=C(\C)CC)c1c2c(c3cnc(N4CCC(C)C4C)nc3c1F)COC2.CCCCCN(CCC)CC(C)C. The maximum atomic E-state index is 16.8. The second kappa shape index (κ2) is 18.4. The Morgan fingerprint density at radius 3 is 2.47 bits per heavy atom. The van der Waals surface area contributed by atoms with Crippen molar-refractivity contribution in [3.8, 4) is 6.07 Å². The van der Waals surface area contributed by atoms with Crippen LogP contribution in [0.3, 0.4) is 0 Å². The number of aromatic nitrogens is 2. The number of hydrogen-bond acceptors (Lipinski definition) is 8. The van der Waals surface area contributed by atoms with Gasteiger partial charge in [-0.3, -0.25) is 0 Å². The number of benzene rings is 1. The van der Waals surface area contributed by atoms with E-state index >= 15 is 8.78 Å². The van der Waals surface area contributed by atoms with Crippen molar-refractivity contribution in [3.05, 3.63) is 56.4 Å². The van der Waals surface area contributed by atoms with Gasteiger partial charge in [-0.25, -0.2) is 18.7 Å². The van der Waals surface area contributed by atoms with Crippen LogP contribution in [0.5, 0.6) is 0 Å². The third-order valence-electron chi connectivity index (χ3n) is 10.3. The van der Waals surface area contributed by atoms with Crippen molar-refractivity contribution < 1.29 is 13.5 Å². The molecule has 0 bridgehead atoms. The highest BCUT2D eigenvalue weighted by Crippen LogP contribution is 2.47. The summed E-state index contributed by atoms with van der Waals surface area (Å²) < 4.78 is 37.8. The van der Waals surface area contributed by atoms with Gasteiger partial charge in [-0.05, 0) is 88.1 Å². The van der Waals surface area contributed by atoms with Crippen molar-refractivity contribution in [3.63, 3.8) is 0 Å². The number of nitriles is 1. The van der Waals surface area contributed by atoms with Gasteiger partial charge in [-0.1, -0.05) is 66.0 Å². The van der Waals surface area contributed by atoms with E-state index in [9.17, 15) is 5.26 Å². The molecule has 0 spiro atoms. The van der Waals surface area contributed by atoms with E-state index in [0.717, 1.165) is 41.4 Å². The standard InChI is InChI=1S/C29H31F2N5OS.C12H27N/c1-6-14(3)22(24-17(10-32)28(33)38-27(24)21(30)7-2)23-20-13-37-12-19(20)18-11-34-29(35-26(18)25(23)31)36-9-8-15(4)16(36)5;1-5-7-8-10-13(9-6-2)11-12(3)4/h7,11,15-16H,6,8-9,12-13,33H2,1-5H3;12H,5-11H2,1-4H3/b21-7+,22-14+;.